The summed E-state index contributed by atoms with van der Waals surface area (Å²) in [6, 6.07) is 12.2. The Kier molecular flexibility index (Phi) is 6.68. The van der Waals surface area contributed by atoms with Crippen molar-refractivity contribution < 1.29 is 22.7 Å². The highest BCUT2D eigenvalue weighted by atomic mass is 32.2. The molecular formula is C23H25N3O5S2. The highest BCUT2D eigenvalue weighted by Crippen LogP contribution is 2.35. The fourth-order valence-electron chi connectivity index (χ4n) is 3.83. The minimum absolute atomic E-state index is 0.0718. The van der Waals surface area contributed by atoms with Gasteiger partial charge in [0.2, 0.25) is 15.9 Å². The van der Waals surface area contributed by atoms with Crippen LogP contribution in [0.15, 0.2) is 47.8 Å². The maximum atomic E-state index is 13.2. The highest BCUT2D eigenvalue weighted by Gasteiger charge is 2.38. The van der Waals surface area contributed by atoms with Crippen LogP contribution in [-0.4, -0.2) is 49.6 Å². The number of nitrogens with zero attached hydrogens (tertiary/aromatic N) is 2. The number of aromatic nitrogens is 1. The number of ether oxygens (including phenoxy) is 2. The number of methoxy groups -OCH3 is 2. The minimum atomic E-state index is -3.58. The van der Waals surface area contributed by atoms with Crippen molar-refractivity contribution in [2.75, 3.05) is 25.3 Å². The summed E-state index contributed by atoms with van der Waals surface area (Å²) in [5, 5.41) is 5.02. The van der Waals surface area contributed by atoms with Gasteiger partial charge in [0.25, 0.3) is 0 Å². The molecule has 1 aliphatic rings. The first kappa shape index (κ1) is 23.2. The van der Waals surface area contributed by atoms with E-state index in [1.807, 2.05) is 41.8 Å². The average molecular weight is 488 g/mol. The summed E-state index contributed by atoms with van der Waals surface area (Å²) in [7, 11) is -0.430. The fraction of sp³-hybridized carbons (Fsp3) is 0.304. The molecule has 1 atom stereocenters. The summed E-state index contributed by atoms with van der Waals surface area (Å²) >= 11 is 1.27. The first-order valence-electron chi connectivity index (χ1n) is 10.4. The molecule has 8 nitrogen and oxygen atoms in total. The van der Waals surface area contributed by atoms with E-state index in [9.17, 15) is 13.2 Å². The van der Waals surface area contributed by atoms with E-state index in [1.165, 1.54) is 15.6 Å². The molecule has 0 radical (unpaired) electrons. The summed E-state index contributed by atoms with van der Waals surface area (Å²) in [4.78, 5) is 17.7. The molecule has 174 valence electrons. The zero-order valence-corrected chi connectivity index (χ0v) is 20.2. The number of thiazole rings is 1. The molecule has 1 unspecified atom stereocenters. The summed E-state index contributed by atoms with van der Waals surface area (Å²) in [6.45, 7) is 1.76. The van der Waals surface area contributed by atoms with Crippen molar-refractivity contribution in [1.82, 2.24) is 9.29 Å². The summed E-state index contributed by atoms with van der Waals surface area (Å²) < 4.78 is 37.5. The van der Waals surface area contributed by atoms with Crippen LogP contribution >= 0.6 is 11.3 Å². The average Bonchev–Trinajstić information content (AvgIpc) is 3.30. The van der Waals surface area contributed by atoms with E-state index in [0.29, 0.717) is 28.7 Å². The maximum absolute atomic E-state index is 13.2. The summed E-state index contributed by atoms with van der Waals surface area (Å²) in [5.74, 6) is 0.789. The Hall–Kier alpha value is -2.95. The van der Waals surface area contributed by atoms with Gasteiger partial charge in [0, 0.05) is 23.6 Å². The number of hydrogen-bond donors (Lipinski definition) is 1. The number of nitrogens with one attached hydrogen (secondary N) is 1. The lowest BCUT2D eigenvalue weighted by Gasteiger charge is -2.34. The zero-order valence-electron chi connectivity index (χ0n) is 18.6. The van der Waals surface area contributed by atoms with Gasteiger partial charge in [-0.1, -0.05) is 24.3 Å². The maximum Gasteiger partial charge on any atom is 0.244 e. The Balaban J connectivity index is 1.59. The molecule has 2 aromatic carbocycles. The van der Waals surface area contributed by atoms with E-state index >= 15 is 0 Å². The van der Waals surface area contributed by atoms with Crippen LogP contribution in [0.25, 0.3) is 11.3 Å². The van der Waals surface area contributed by atoms with Crippen LogP contribution in [0.1, 0.15) is 18.1 Å². The van der Waals surface area contributed by atoms with Gasteiger partial charge >= 0.3 is 0 Å². The molecule has 0 aliphatic carbocycles. The van der Waals surface area contributed by atoms with E-state index in [4.69, 9.17) is 9.47 Å². The lowest BCUT2D eigenvalue weighted by atomic mass is 9.95. The molecule has 4 rings (SSSR count). The van der Waals surface area contributed by atoms with Crippen LogP contribution in [0, 0.1) is 0 Å². The smallest absolute Gasteiger partial charge is 0.244 e. The first-order valence-corrected chi connectivity index (χ1v) is 12.9. The van der Waals surface area contributed by atoms with Crippen LogP contribution in [0.2, 0.25) is 0 Å². The van der Waals surface area contributed by atoms with Gasteiger partial charge in [0.05, 0.1) is 25.7 Å². The number of sulfonamides is 1. The topological polar surface area (TPSA) is 97.8 Å². The third-order valence-corrected chi connectivity index (χ3v) is 8.23. The van der Waals surface area contributed by atoms with Gasteiger partial charge in [-0.2, -0.15) is 4.31 Å². The largest absolute Gasteiger partial charge is 0.497 e. The Morgan fingerprint density at radius 1 is 1.18 bits per heavy atom. The minimum Gasteiger partial charge on any atom is -0.497 e. The zero-order chi connectivity index (χ0) is 23.6. The number of carbonyl (C=O) groups excluding carboxylic acids is 1. The molecule has 10 heteroatoms. The van der Waals surface area contributed by atoms with Gasteiger partial charge in [0.15, 0.2) is 5.13 Å². The second-order valence-electron chi connectivity index (χ2n) is 7.53. The number of rotatable bonds is 7. The van der Waals surface area contributed by atoms with Crippen molar-refractivity contribution in [2.45, 2.75) is 25.9 Å². The molecule has 0 saturated heterocycles. The van der Waals surface area contributed by atoms with Crippen LogP contribution in [0.3, 0.4) is 0 Å². The first-order chi connectivity index (χ1) is 15.9. The van der Waals surface area contributed by atoms with Gasteiger partial charge in [-0.05, 0) is 36.6 Å². The second-order valence-corrected chi connectivity index (χ2v) is 10.6. The Bertz CT molecular complexity index is 1270. The van der Waals surface area contributed by atoms with Crippen molar-refractivity contribution >= 4 is 32.4 Å². The SMILES string of the molecule is CCS(=O)(=O)N1Cc2ccccc2CC1C(=O)Nc1nc(-c2ccc(OC)cc2OC)cs1. The molecule has 0 saturated carbocycles. The lowest BCUT2D eigenvalue weighted by molar-refractivity contribution is -0.120. The van der Waals surface area contributed by atoms with Crippen molar-refractivity contribution in [3.05, 3.63) is 59.0 Å². The molecule has 1 aliphatic heterocycles. The van der Waals surface area contributed by atoms with Crippen molar-refractivity contribution in [1.29, 1.82) is 0 Å². The van der Waals surface area contributed by atoms with E-state index < -0.39 is 22.0 Å². The van der Waals surface area contributed by atoms with E-state index in [0.717, 1.165) is 16.7 Å². The third-order valence-electron chi connectivity index (χ3n) is 5.65. The van der Waals surface area contributed by atoms with Gasteiger partial charge in [-0.25, -0.2) is 13.4 Å². The number of amides is 1. The van der Waals surface area contributed by atoms with E-state index in [1.54, 1.807) is 27.2 Å². The monoisotopic (exact) mass is 487 g/mol. The number of carbonyl (C=O) groups is 1. The normalized spacial score (nSPS) is 16.2. The van der Waals surface area contributed by atoms with E-state index in [2.05, 4.69) is 10.3 Å². The Labute approximate surface area is 197 Å². The summed E-state index contributed by atoms with van der Waals surface area (Å²) in [5.41, 5.74) is 3.29. The molecule has 1 aromatic heterocycles. The lowest BCUT2D eigenvalue weighted by Crippen LogP contribution is -2.51. The predicted molar refractivity (Wildman–Crippen MR) is 128 cm³/mol. The quantitative estimate of drug-likeness (QED) is 0.547. The predicted octanol–water partition coefficient (Wildman–Crippen LogP) is 3.54. The van der Waals surface area contributed by atoms with Gasteiger partial charge < -0.3 is 14.8 Å². The molecule has 2 heterocycles. The van der Waals surface area contributed by atoms with Gasteiger partial charge in [-0.3, -0.25) is 4.79 Å². The van der Waals surface area contributed by atoms with E-state index in [-0.39, 0.29) is 12.3 Å². The molecule has 0 fully saturated rings. The standard InChI is InChI=1S/C23H25N3O5S2/c1-4-33(28,29)26-13-16-8-6-5-7-15(16)11-20(26)22(27)25-23-24-19(14-32-23)18-10-9-17(30-2)12-21(18)31-3/h5-10,12,14,20H,4,11,13H2,1-3H3,(H,24,25,27). The Morgan fingerprint density at radius 2 is 1.94 bits per heavy atom. The van der Waals surface area contributed by atoms with Gasteiger partial charge in [0.1, 0.15) is 17.5 Å². The van der Waals surface area contributed by atoms with Crippen LogP contribution < -0.4 is 14.8 Å². The second kappa shape index (κ2) is 9.50. The third kappa shape index (κ3) is 4.73. The Morgan fingerprint density at radius 3 is 2.64 bits per heavy atom. The molecule has 0 bridgehead atoms. The van der Waals surface area contributed by atoms with Crippen LogP contribution in [0.5, 0.6) is 11.5 Å². The number of hydrogen-bond acceptors (Lipinski definition) is 7. The van der Waals surface area contributed by atoms with Crippen molar-refractivity contribution in [2.24, 2.45) is 0 Å². The molecule has 1 N–H and O–H groups in total. The van der Waals surface area contributed by atoms with Gasteiger partial charge in [-0.15, -0.1) is 11.3 Å². The molecule has 33 heavy (non-hydrogen) atoms. The number of benzene rings is 2. The molecular weight excluding hydrogens is 462 g/mol. The van der Waals surface area contributed by atoms with Crippen LogP contribution in [-0.2, 0) is 27.8 Å². The molecule has 1 amide bonds. The fourth-order valence-corrected chi connectivity index (χ4v) is 5.77. The number of fused-ring (bicyclic) bond motifs is 1. The summed E-state index contributed by atoms with van der Waals surface area (Å²) in [6.07, 6.45) is 0.311. The molecule has 0 spiro atoms. The van der Waals surface area contributed by atoms with Crippen molar-refractivity contribution in [3.8, 4) is 22.8 Å². The van der Waals surface area contributed by atoms with Crippen LogP contribution in [0.4, 0.5) is 5.13 Å². The molecule has 3 aromatic rings. The van der Waals surface area contributed by atoms with Crippen molar-refractivity contribution in [3.63, 3.8) is 0 Å². The highest BCUT2D eigenvalue weighted by molar-refractivity contribution is 7.89. The number of anilines is 1.